The van der Waals surface area contributed by atoms with Crippen LogP contribution in [0.5, 0.6) is 0 Å². The highest BCUT2D eigenvalue weighted by atomic mass is 16.2. The van der Waals surface area contributed by atoms with Crippen LogP contribution < -0.4 is 16.0 Å². The zero-order valence-corrected chi connectivity index (χ0v) is 12.9. The van der Waals surface area contributed by atoms with Crippen molar-refractivity contribution < 1.29 is 9.59 Å². The Hall–Kier alpha value is -1.88. The van der Waals surface area contributed by atoms with Gasteiger partial charge in [0.2, 0.25) is 11.8 Å². The molecule has 1 aliphatic carbocycles. The maximum Gasteiger partial charge on any atom is 0.234 e. The fraction of sp³-hybridized carbons (Fsp3) is 0.529. The minimum absolute atomic E-state index is 0.0270. The van der Waals surface area contributed by atoms with E-state index in [2.05, 4.69) is 22.0 Å². The van der Waals surface area contributed by atoms with Crippen molar-refractivity contribution in [2.24, 2.45) is 5.92 Å². The first-order valence-corrected chi connectivity index (χ1v) is 8.04. The maximum atomic E-state index is 11.9. The van der Waals surface area contributed by atoms with Crippen molar-refractivity contribution in [2.45, 2.75) is 38.6 Å². The molecule has 1 aliphatic heterocycles. The quantitative estimate of drug-likeness (QED) is 0.749. The molecule has 5 nitrogen and oxygen atoms in total. The van der Waals surface area contributed by atoms with Gasteiger partial charge in [0.15, 0.2) is 0 Å². The summed E-state index contributed by atoms with van der Waals surface area (Å²) in [6, 6.07) is 5.94. The Morgan fingerprint density at radius 3 is 2.95 bits per heavy atom. The number of anilines is 1. The molecular formula is C17H23N3O2. The summed E-state index contributed by atoms with van der Waals surface area (Å²) in [6.45, 7) is 3.31. The van der Waals surface area contributed by atoms with Crippen LogP contribution in [-0.4, -0.2) is 24.9 Å². The van der Waals surface area contributed by atoms with Crippen molar-refractivity contribution in [2.75, 3.05) is 18.4 Å². The molecule has 22 heavy (non-hydrogen) atoms. The van der Waals surface area contributed by atoms with E-state index in [1.54, 1.807) is 0 Å². The number of benzene rings is 1. The number of aryl methyl sites for hydroxylation is 1. The Morgan fingerprint density at radius 2 is 2.18 bits per heavy atom. The van der Waals surface area contributed by atoms with Crippen LogP contribution in [0, 0.1) is 5.92 Å². The lowest BCUT2D eigenvalue weighted by Gasteiger charge is -2.20. The molecule has 0 radical (unpaired) electrons. The molecule has 0 aromatic heterocycles. The third-order valence-corrected chi connectivity index (χ3v) is 4.32. The summed E-state index contributed by atoms with van der Waals surface area (Å²) in [6.07, 6.45) is 3.87. The fourth-order valence-electron chi connectivity index (χ4n) is 2.76. The van der Waals surface area contributed by atoms with Gasteiger partial charge in [-0.25, -0.2) is 0 Å². The first-order valence-electron chi connectivity index (χ1n) is 8.04. The van der Waals surface area contributed by atoms with Crippen LogP contribution in [0.1, 0.15) is 43.4 Å². The van der Waals surface area contributed by atoms with E-state index in [1.807, 2.05) is 19.1 Å². The number of rotatable bonds is 6. The molecule has 0 spiro atoms. The number of carbonyl (C=O) groups excluding carboxylic acids is 2. The zero-order valence-electron chi connectivity index (χ0n) is 12.9. The van der Waals surface area contributed by atoms with Gasteiger partial charge in [0, 0.05) is 12.1 Å². The van der Waals surface area contributed by atoms with E-state index >= 15 is 0 Å². The van der Waals surface area contributed by atoms with E-state index in [0.29, 0.717) is 13.0 Å². The van der Waals surface area contributed by atoms with Gasteiger partial charge in [-0.2, -0.15) is 0 Å². The molecule has 5 heteroatoms. The second-order valence-electron chi connectivity index (χ2n) is 6.33. The Balaban J connectivity index is 1.53. The zero-order chi connectivity index (χ0) is 15.5. The van der Waals surface area contributed by atoms with Crippen LogP contribution in [0.3, 0.4) is 0 Å². The summed E-state index contributed by atoms with van der Waals surface area (Å²) < 4.78 is 0. The molecule has 1 fully saturated rings. The topological polar surface area (TPSA) is 70.2 Å². The van der Waals surface area contributed by atoms with Gasteiger partial charge in [-0.3, -0.25) is 9.59 Å². The number of carbonyl (C=O) groups is 2. The van der Waals surface area contributed by atoms with Gasteiger partial charge in [-0.15, -0.1) is 0 Å². The van der Waals surface area contributed by atoms with Crippen molar-refractivity contribution in [3.63, 3.8) is 0 Å². The summed E-state index contributed by atoms with van der Waals surface area (Å²) in [5.74, 6) is 0.878. The van der Waals surface area contributed by atoms with Gasteiger partial charge in [-0.05, 0) is 55.8 Å². The van der Waals surface area contributed by atoms with E-state index in [9.17, 15) is 9.59 Å². The van der Waals surface area contributed by atoms with Gasteiger partial charge in [0.1, 0.15) is 0 Å². The number of amides is 2. The molecule has 1 saturated carbocycles. The van der Waals surface area contributed by atoms with E-state index in [4.69, 9.17) is 0 Å². The number of hydrogen-bond donors (Lipinski definition) is 3. The molecule has 1 aromatic carbocycles. The maximum absolute atomic E-state index is 11.9. The SMILES string of the molecule is CC(NC(=O)CNCC1CC1)c1ccc2c(c1)CCC(=O)N2. The molecule has 3 N–H and O–H groups in total. The molecule has 0 saturated heterocycles. The molecule has 2 aliphatic rings. The predicted octanol–water partition coefficient (Wildman–Crippen LogP) is 1.75. The first-order chi connectivity index (χ1) is 10.6. The van der Waals surface area contributed by atoms with Gasteiger partial charge < -0.3 is 16.0 Å². The van der Waals surface area contributed by atoms with Crippen LogP contribution >= 0.6 is 0 Å². The average Bonchev–Trinajstić information content (AvgIpc) is 3.30. The molecule has 1 heterocycles. The number of hydrogen-bond acceptors (Lipinski definition) is 3. The predicted molar refractivity (Wildman–Crippen MR) is 85.5 cm³/mol. The van der Waals surface area contributed by atoms with E-state index in [-0.39, 0.29) is 17.9 Å². The van der Waals surface area contributed by atoms with Gasteiger partial charge >= 0.3 is 0 Å². The molecule has 1 unspecified atom stereocenters. The fourth-order valence-corrected chi connectivity index (χ4v) is 2.76. The first kappa shape index (κ1) is 15.0. The highest BCUT2D eigenvalue weighted by Gasteiger charge is 2.21. The van der Waals surface area contributed by atoms with Crippen molar-refractivity contribution in [1.82, 2.24) is 10.6 Å². The van der Waals surface area contributed by atoms with Crippen LogP contribution in [0.2, 0.25) is 0 Å². The van der Waals surface area contributed by atoms with Crippen LogP contribution in [0.15, 0.2) is 18.2 Å². The molecule has 1 aromatic rings. The minimum atomic E-state index is -0.0295. The second kappa shape index (κ2) is 6.48. The average molecular weight is 301 g/mol. The summed E-state index contributed by atoms with van der Waals surface area (Å²) >= 11 is 0. The molecule has 118 valence electrons. The highest BCUT2D eigenvalue weighted by molar-refractivity contribution is 5.93. The highest BCUT2D eigenvalue weighted by Crippen LogP contribution is 2.27. The van der Waals surface area contributed by atoms with Crippen molar-refractivity contribution in [3.8, 4) is 0 Å². The normalized spacial score (nSPS) is 18.3. The van der Waals surface area contributed by atoms with Crippen molar-refractivity contribution in [1.29, 1.82) is 0 Å². The standard InChI is InChI=1S/C17H23N3O2/c1-11(19-17(22)10-18-9-12-2-3-12)13-4-6-15-14(8-13)5-7-16(21)20-15/h4,6,8,11-12,18H,2-3,5,7,9-10H2,1H3,(H,19,22)(H,20,21). The van der Waals surface area contributed by atoms with E-state index in [0.717, 1.165) is 35.7 Å². The molecule has 0 bridgehead atoms. The Morgan fingerprint density at radius 1 is 1.36 bits per heavy atom. The minimum Gasteiger partial charge on any atom is -0.348 e. The lowest BCUT2D eigenvalue weighted by molar-refractivity contribution is -0.121. The van der Waals surface area contributed by atoms with Crippen LogP contribution in [0.4, 0.5) is 5.69 Å². The van der Waals surface area contributed by atoms with Crippen LogP contribution in [0.25, 0.3) is 0 Å². The lowest BCUT2D eigenvalue weighted by Crippen LogP contribution is -2.36. The van der Waals surface area contributed by atoms with Gasteiger partial charge in [-0.1, -0.05) is 12.1 Å². The smallest absolute Gasteiger partial charge is 0.234 e. The largest absolute Gasteiger partial charge is 0.348 e. The number of nitrogens with one attached hydrogen (secondary N) is 3. The van der Waals surface area contributed by atoms with Gasteiger partial charge in [0.25, 0.3) is 0 Å². The van der Waals surface area contributed by atoms with E-state index < -0.39 is 0 Å². The molecule has 2 amide bonds. The Bertz CT molecular complexity index is 581. The second-order valence-corrected chi connectivity index (χ2v) is 6.33. The summed E-state index contributed by atoms with van der Waals surface area (Å²) in [5.41, 5.74) is 3.11. The summed E-state index contributed by atoms with van der Waals surface area (Å²) in [5, 5.41) is 9.09. The molecular weight excluding hydrogens is 278 g/mol. The van der Waals surface area contributed by atoms with Crippen LogP contribution in [-0.2, 0) is 16.0 Å². The van der Waals surface area contributed by atoms with Gasteiger partial charge in [0.05, 0.1) is 12.6 Å². The number of fused-ring (bicyclic) bond motifs is 1. The summed E-state index contributed by atoms with van der Waals surface area (Å²) in [4.78, 5) is 23.3. The lowest BCUT2D eigenvalue weighted by atomic mass is 9.98. The summed E-state index contributed by atoms with van der Waals surface area (Å²) in [7, 11) is 0. The molecule has 1 atom stereocenters. The third kappa shape index (κ3) is 3.85. The molecule has 3 rings (SSSR count). The van der Waals surface area contributed by atoms with Crippen molar-refractivity contribution >= 4 is 17.5 Å². The van der Waals surface area contributed by atoms with E-state index in [1.165, 1.54) is 12.8 Å². The third-order valence-electron chi connectivity index (χ3n) is 4.32. The van der Waals surface area contributed by atoms with Crippen molar-refractivity contribution in [3.05, 3.63) is 29.3 Å². The Labute approximate surface area is 130 Å². The Kier molecular flexibility index (Phi) is 4.43. The monoisotopic (exact) mass is 301 g/mol.